The number of ketones is 1. The predicted octanol–water partition coefficient (Wildman–Crippen LogP) is 0.0978. The van der Waals surface area contributed by atoms with Gasteiger partial charge in [0.2, 0.25) is 16.1 Å². The molecule has 0 aliphatic heterocycles. The summed E-state index contributed by atoms with van der Waals surface area (Å²) in [7, 11) is -2.30. The number of hydrogen-bond acceptors (Lipinski definition) is 3. The Hall–Kier alpha value is -1.26. The minimum atomic E-state index is -2.30. The number of carbonyl (C=O) groups excluding carboxylic acids is 1. The molecule has 0 aromatic rings. The first kappa shape index (κ1) is 10.8. The molecule has 5 nitrogen and oxygen atoms in total. The largest absolute Gasteiger partial charge is 0.361 e. The fourth-order valence-corrected chi connectivity index (χ4v) is 2.41. The highest BCUT2D eigenvalue weighted by Crippen LogP contribution is 2.21. The van der Waals surface area contributed by atoms with Crippen molar-refractivity contribution in [1.82, 2.24) is 0 Å². The Morgan fingerprint density at radius 3 is 2.79 bits per heavy atom. The summed E-state index contributed by atoms with van der Waals surface area (Å²) in [6, 6.07) is 0. The van der Waals surface area contributed by atoms with Crippen molar-refractivity contribution in [3.05, 3.63) is 5.53 Å². The van der Waals surface area contributed by atoms with Gasteiger partial charge in [0, 0.05) is 0 Å². The van der Waals surface area contributed by atoms with Gasteiger partial charge in [0.15, 0.2) is 0 Å². The van der Waals surface area contributed by atoms with E-state index in [0.717, 1.165) is 19.1 Å². The van der Waals surface area contributed by atoms with Gasteiger partial charge >= 0.3 is 6.21 Å². The second-order valence-corrected chi connectivity index (χ2v) is 4.14. The van der Waals surface area contributed by atoms with Crippen molar-refractivity contribution in [2.75, 3.05) is 0 Å². The number of rotatable bonds is 2. The molecule has 0 bridgehead atoms. The van der Waals surface area contributed by atoms with Crippen molar-refractivity contribution in [3.63, 3.8) is 0 Å². The van der Waals surface area contributed by atoms with Gasteiger partial charge in [0.1, 0.15) is 0 Å². The smallest absolute Gasteiger partial charge is 0.323 e. The third kappa shape index (κ3) is 2.37. The highest BCUT2D eigenvalue weighted by molar-refractivity contribution is 7.73. The van der Waals surface area contributed by atoms with E-state index in [1.54, 1.807) is 0 Å². The summed E-state index contributed by atoms with van der Waals surface area (Å²) < 4.78 is 21.6. The molecule has 1 aliphatic rings. The van der Waals surface area contributed by atoms with Crippen LogP contribution in [-0.2, 0) is 15.1 Å². The fraction of sp³-hybridized carbons (Fsp3) is 0.625. The van der Waals surface area contributed by atoms with Crippen LogP contribution >= 0.6 is 0 Å². The quantitative estimate of drug-likeness (QED) is 0.282. The summed E-state index contributed by atoms with van der Waals surface area (Å²) in [5.74, 6) is -1.05. The zero-order valence-corrected chi connectivity index (χ0v) is 8.33. The molecular formula is C8H10N2O3S. The molecule has 76 valence electrons. The van der Waals surface area contributed by atoms with Gasteiger partial charge in [-0.2, -0.15) is 13.2 Å². The molecule has 1 rings (SSSR count). The summed E-state index contributed by atoms with van der Waals surface area (Å²) in [5.41, 5.74) is 8.18. The highest BCUT2D eigenvalue weighted by Gasteiger charge is 2.29. The SMILES string of the molecule is [N-]=[N+]=CC(=O)C1CCCCC1=S(=O)=O. The van der Waals surface area contributed by atoms with E-state index < -0.39 is 22.0 Å². The monoisotopic (exact) mass is 214 g/mol. The van der Waals surface area contributed by atoms with E-state index in [0.29, 0.717) is 12.8 Å². The average molecular weight is 214 g/mol. The minimum Gasteiger partial charge on any atom is -0.361 e. The molecule has 0 saturated heterocycles. The summed E-state index contributed by atoms with van der Waals surface area (Å²) in [4.78, 5) is 14.2. The van der Waals surface area contributed by atoms with Gasteiger partial charge in [-0.05, 0) is 19.3 Å². The van der Waals surface area contributed by atoms with E-state index in [1.165, 1.54) is 0 Å². The Balaban J connectivity index is 3.01. The lowest BCUT2D eigenvalue weighted by Crippen LogP contribution is -2.28. The molecule has 6 heteroatoms. The van der Waals surface area contributed by atoms with Gasteiger partial charge in [-0.1, -0.05) is 6.42 Å². The molecule has 0 aromatic carbocycles. The standard InChI is InChI=1S/C8H10N2O3S/c9-10-5-7(11)6-3-1-2-4-8(6)14(12)13/h5-6H,1-4H2. The van der Waals surface area contributed by atoms with Gasteiger partial charge in [0.05, 0.1) is 10.8 Å². The van der Waals surface area contributed by atoms with Gasteiger partial charge in [-0.15, -0.1) is 0 Å². The first-order chi connectivity index (χ1) is 6.66. The van der Waals surface area contributed by atoms with Gasteiger partial charge < -0.3 is 5.53 Å². The Morgan fingerprint density at radius 1 is 1.50 bits per heavy atom. The number of Topliss-reactive ketones (excluding diaryl/α,β-unsaturated/α-hetero) is 1. The van der Waals surface area contributed by atoms with Crippen LogP contribution in [0.5, 0.6) is 0 Å². The molecule has 1 unspecified atom stereocenters. The molecule has 0 amide bonds. The zero-order valence-electron chi connectivity index (χ0n) is 7.51. The van der Waals surface area contributed by atoms with Crippen molar-refractivity contribution >= 4 is 27.2 Å². The minimum absolute atomic E-state index is 0.237. The Kier molecular flexibility index (Phi) is 3.73. The molecule has 14 heavy (non-hydrogen) atoms. The third-order valence-corrected chi connectivity index (χ3v) is 3.21. The lowest BCUT2D eigenvalue weighted by Gasteiger charge is -2.17. The van der Waals surface area contributed by atoms with Gasteiger partial charge in [-0.3, -0.25) is 4.79 Å². The second kappa shape index (κ2) is 4.83. The maximum atomic E-state index is 11.3. The molecule has 1 atom stereocenters. The number of carbonyl (C=O) groups is 1. The molecule has 0 heterocycles. The van der Waals surface area contributed by atoms with Crippen LogP contribution in [0.4, 0.5) is 0 Å². The second-order valence-electron chi connectivity index (χ2n) is 3.15. The van der Waals surface area contributed by atoms with Crippen LogP contribution in [0.1, 0.15) is 25.7 Å². The molecule has 1 fully saturated rings. The normalized spacial score (nSPS) is 21.1. The van der Waals surface area contributed by atoms with Crippen LogP contribution in [0, 0.1) is 5.92 Å². The summed E-state index contributed by atoms with van der Waals surface area (Å²) >= 11 is 0. The molecular weight excluding hydrogens is 204 g/mol. The van der Waals surface area contributed by atoms with E-state index >= 15 is 0 Å². The van der Waals surface area contributed by atoms with Crippen molar-refractivity contribution in [2.24, 2.45) is 5.92 Å². The van der Waals surface area contributed by atoms with Crippen LogP contribution in [0.2, 0.25) is 0 Å². The predicted molar refractivity (Wildman–Crippen MR) is 50.6 cm³/mol. The molecule has 0 aromatic heterocycles. The highest BCUT2D eigenvalue weighted by atomic mass is 32.2. The Morgan fingerprint density at radius 2 is 2.21 bits per heavy atom. The molecule has 1 saturated carbocycles. The molecule has 0 spiro atoms. The third-order valence-electron chi connectivity index (χ3n) is 2.30. The fourth-order valence-electron chi connectivity index (χ4n) is 1.63. The topological polar surface area (TPSA) is 87.6 Å². The number of nitrogens with zero attached hydrogens (tertiary/aromatic N) is 2. The lowest BCUT2D eigenvalue weighted by atomic mass is 9.86. The maximum absolute atomic E-state index is 11.3. The Bertz CT molecular complexity index is 410. The summed E-state index contributed by atoms with van der Waals surface area (Å²) in [6.45, 7) is 0. The van der Waals surface area contributed by atoms with Crippen LogP contribution in [0.15, 0.2) is 0 Å². The average Bonchev–Trinajstić information content (AvgIpc) is 2.18. The first-order valence-electron chi connectivity index (χ1n) is 4.33. The molecule has 1 aliphatic carbocycles. The number of hydrogen-bond donors (Lipinski definition) is 0. The molecule has 0 N–H and O–H groups in total. The van der Waals surface area contributed by atoms with Crippen molar-refractivity contribution in [1.29, 1.82) is 0 Å². The van der Waals surface area contributed by atoms with Crippen LogP contribution in [0.3, 0.4) is 0 Å². The van der Waals surface area contributed by atoms with Crippen LogP contribution < -0.4 is 0 Å². The first-order valence-corrected chi connectivity index (χ1v) is 5.40. The van der Waals surface area contributed by atoms with Gasteiger partial charge in [-0.25, -0.2) is 0 Å². The Labute approximate surface area is 82.9 Å². The van der Waals surface area contributed by atoms with E-state index in [-0.39, 0.29) is 4.86 Å². The zero-order chi connectivity index (χ0) is 10.6. The summed E-state index contributed by atoms with van der Waals surface area (Å²) in [5, 5.41) is 0. The van der Waals surface area contributed by atoms with Crippen LogP contribution in [0.25, 0.3) is 5.53 Å². The molecule has 0 radical (unpaired) electrons. The maximum Gasteiger partial charge on any atom is 0.323 e. The van der Waals surface area contributed by atoms with Crippen molar-refractivity contribution in [3.8, 4) is 0 Å². The van der Waals surface area contributed by atoms with E-state index in [2.05, 4.69) is 4.79 Å². The lowest BCUT2D eigenvalue weighted by molar-refractivity contribution is -0.118. The van der Waals surface area contributed by atoms with Crippen LogP contribution in [-0.4, -0.2) is 30.1 Å². The van der Waals surface area contributed by atoms with Gasteiger partial charge in [0.25, 0.3) is 0 Å². The van der Waals surface area contributed by atoms with E-state index in [4.69, 9.17) is 5.53 Å². The van der Waals surface area contributed by atoms with E-state index in [1.807, 2.05) is 0 Å². The van der Waals surface area contributed by atoms with E-state index in [9.17, 15) is 13.2 Å². The summed E-state index contributed by atoms with van der Waals surface area (Å²) in [6.07, 6.45) is 3.35. The van der Waals surface area contributed by atoms with Crippen molar-refractivity contribution in [2.45, 2.75) is 25.7 Å². The van der Waals surface area contributed by atoms with Crippen molar-refractivity contribution < 1.29 is 18.0 Å².